The SMILES string of the molecule is CNC(C)CC(=O)NCc1c(F)cccc1F. The lowest BCUT2D eigenvalue weighted by molar-refractivity contribution is -0.121. The highest BCUT2D eigenvalue weighted by Crippen LogP contribution is 2.11. The van der Waals surface area contributed by atoms with Gasteiger partial charge < -0.3 is 10.6 Å². The molecule has 0 aliphatic carbocycles. The molecule has 0 aliphatic heterocycles. The van der Waals surface area contributed by atoms with Gasteiger partial charge in [-0.2, -0.15) is 0 Å². The average Bonchev–Trinajstić information content (AvgIpc) is 2.28. The lowest BCUT2D eigenvalue weighted by Crippen LogP contribution is -2.31. The zero-order valence-electron chi connectivity index (χ0n) is 9.89. The highest BCUT2D eigenvalue weighted by Gasteiger charge is 2.11. The summed E-state index contributed by atoms with van der Waals surface area (Å²) in [6.45, 7) is 1.72. The van der Waals surface area contributed by atoms with Gasteiger partial charge in [0.25, 0.3) is 0 Å². The van der Waals surface area contributed by atoms with Crippen molar-refractivity contribution in [3.8, 4) is 0 Å². The van der Waals surface area contributed by atoms with Crippen LogP contribution in [0.2, 0.25) is 0 Å². The molecule has 0 aliphatic rings. The van der Waals surface area contributed by atoms with Crippen molar-refractivity contribution >= 4 is 5.91 Å². The molecule has 0 aromatic heterocycles. The van der Waals surface area contributed by atoms with E-state index in [1.165, 1.54) is 18.2 Å². The molecule has 1 atom stereocenters. The Bertz CT molecular complexity index is 376. The fourth-order valence-corrected chi connectivity index (χ4v) is 1.34. The Morgan fingerprint density at radius 3 is 2.47 bits per heavy atom. The third-order valence-electron chi connectivity index (χ3n) is 2.51. The van der Waals surface area contributed by atoms with Gasteiger partial charge in [0.05, 0.1) is 0 Å². The number of carbonyl (C=O) groups is 1. The quantitative estimate of drug-likeness (QED) is 0.823. The topological polar surface area (TPSA) is 41.1 Å². The number of hydrogen-bond acceptors (Lipinski definition) is 2. The van der Waals surface area contributed by atoms with E-state index in [2.05, 4.69) is 10.6 Å². The second-order valence-corrected chi connectivity index (χ2v) is 3.87. The van der Waals surface area contributed by atoms with Gasteiger partial charge in [-0.1, -0.05) is 6.07 Å². The summed E-state index contributed by atoms with van der Waals surface area (Å²) in [6.07, 6.45) is 0.270. The molecule has 1 rings (SSSR count). The summed E-state index contributed by atoms with van der Waals surface area (Å²) in [5, 5.41) is 5.39. The van der Waals surface area contributed by atoms with E-state index in [0.29, 0.717) is 0 Å². The van der Waals surface area contributed by atoms with Gasteiger partial charge in [-0.3, -0.25) is 4.79 Å². The molecule has 0 heterocycles. The molecule has 1 amide bonds. The Balaban J connectivity index is 2.53. The van der Waals surface area contributed by atoms with E-state index in [4.69, 9.17) is 0 Å². The number of hydrogen-bond donors (Lipinski definition) is 2. The maximum absolute atomic E-state index is 13.2. The molecule has 2 N–H and O–H groups in total. The van der Waals surface area contributed by atoms with Crippen LogP contribution in [0.3, 0.4) is 0 Å². The van der Waals surface area contributed by atoms with Crippen LogP contribution in [0.15, 0.2) is 18.2 Å². The second kappa shape index (κ2) is 6.30. The molecule has 0 radical (unpaired) electrons. The summed E-state index contributed by atoms with van der Waals surface area (Å²) in [7, 11) is 1.74. The first kappa shape index (κ1) is 13.6. The van der Waals surface area contributed by atoms with Crippen molar-refractivity contribution in [2.75, 3.05) is 7.05 Å². The molecule has 0 spiro atoms. The van der Waals surface area contributed by atoms with E-state index in [0.717, 1.165) is 0 Å². The highest BCUT2D eigenvalue weighted by atomic mass is 19.1. The Hall–Kier alpha value is -1.49. The molecule has 0 bridgehead atoms. The van der Waals surface area contributed by atoms with Crippen molar-refractivity contribution in [1.29, 1.82) is 0 Å². The van der Waals surface area contributed by atoms with Crippen LogP contribution in [0.1, 0.15) is 18.9 Å². The molecule has 1 aromatic carbocycles. The number of amides is 1. The minimum absolute atomic E-state index is 0.0282. The van der Waals surface area contributed by atoms with Crippen LogP contribution < -0.4 is 10.6 Å². The number of nitrogens with one attached hydrogen (secondary N) is 2. The molecule has 0 saturated carbocycles. The van der Waals surface area contributed by atoms with Gasteiger partial charge in [0.1, 0.15) is 11.6 Å². The van der Waals surface area contributed by atoms with E-state index < -0.39 is 11.6 Å². The van der Waals surface area contributed by atoms with Crippen molar-refractivity contribution in [2.24, 2.45) is 0 Å². The molecule has 5 heteroatoms. The zero-order valence-corrected chi connectivity index (χ0v) is 9.89. The Morgan fingerprint density at radius 2 is 1.94 bits per heavy atom. The minimum Gasteiger partial charge on any atom is -0.352 e. The summed E-state index contributed by atoms with van der Waals surface area (Å²) in [4.78, 5) is 11.4. The summed E-state index contributed by atoms with van der Waals surface area (Å²) >= 11 is 0. The van der Waals surface area contributed by atoms with Crippen molar-refractivity contribution in [3.63, 3.8) is 0 Å². The Labute approximate surface area is 99.2 Å². The molecular weight excluding hydrogens is 226 g/mol. The third-order valence-corrected chi connectivity index (χ3v) is 2.51. The van der Waals surface area contributed by atoms with E-state index in [1.54, 1.807) is 7.05 Å². The number of rotatable bonds is 5. The van der Waals surface area contributed by atoms with Gasteiger partial charge in [-0.15, -0.1) is 0 Å². The fourth-order valence-electron chi connectivity index (χ4n) is 1.34. The van der Waals surface area contributed by atoms with Crippen LogP contribution >= 0.6 is 0 Å². The van der Waals surface area contributed by atoms with Gasteiger partial charge in [-0.25, -0.2) is 8.78 Å². The standard InChI is InChI=1S/C12H16F2N2O/c1-8(15-2)6-12(17)16-7-9-10(13)4-3-5-11(9)14/h3-5,8,15H,6-7H2,1-2H3,(H,16,17). The lowest BCUT2D eigenvalue weighted by atomic mass is 10.2. The molecule has 0 saturated heterocycles. The fraction of sp³-hybridized carbons (Fsp3) is 0.417. The monoisotopic (exact) mass is 242 g/mol. The first-order valence-corrected chi connectivity index (χ1v) is 5.41. The molecule has 1 aromatic rings. The Kier molecular flexibility index (Phi) is 5.03. The number of benzene rings is 1. The highest BCUT2D eigenvalue weighted by molar-refractivity contribution is 5.76. The predicted molar refractivity (Wildman–Crippen MR) is 61.3 cm³/mol. The Morgan fingerprint density at radius 1 is 1.35 bits per heavy atom. The molecule has 94 valence electrons. The lowest BCUT2D eigenvalue weighted by Gasteiger charge is -2.11. The van der Waals surface area contributed by atoms with Crippen LogP contribution in [0.5, 0.6) is 0 Å². The second-order valence-electron chi connectivity index (χ2n) is 3.87. The van der Waals surface area contributed by atoms with Gasteiger partial charge in [0.2, 0.25) is 5.91 Å². The van der Waals surface area contributed by atoms with E-state index in [-0.39, 0.29) is 30.5 Å². The number of carbonyl (C=O) groups excluding carboxylic acids is 1. The smallest absolute Gasteiger partial charge is 0.221 e. The van der Waals surface area contributed by atoms with Crippen LogP contribution in [0, 0.1) is 11.6 Å². The first-order valence-electron chi connectivity index (χ1n) is 5.41. The van der Waals surface area contributed by atoms with E-state index >= 15 is 0 Å². The largest absolute Gasteiger partial charge is 0.352 e. The van der Waals surface area contributed by atoms with Gasteiger partial charge in [0, 0.05) is 24.6 Å². The molecule has 0 fully saturated rings. The van der Waals surface area contributed by atoms with Crippen molar-refractivity contribution in [3.05, 3.63) is 35.4 Å². The van der Waals surface area contributed by atoms with E-state index in [9.17, 15) is 13.6 Å². The van der Waals surface area contributed by atoms with Crippen LogP contribution in [-0.4, -0.2) is 19.0 Å². The maximum Gasteiger partial charge on any atom is 0.221 e. The molecule has 1 unspecified atom stereocenters. The first-order chi connectivity index (χ1) is 8.04. The minimum atomic E-state index is -0.646. The summed E-state index contributed by atoms with van der Waals surface area (Å²) in [5.41, 5.74) is -0.113. The normalized spacial score (nSPS) is 12.2. The molecule has 3 nitrogen and oxygen atoms in total. The van der Waals surface area contributed by atoms with Crippen molar-refractivity contribution in [2.45, 2.75) is 25.9 Å². The van der Waals surface area contributed by atoms with Crippen LogP contribution in [0.4, 0.5) is 8.78 Å². The summed E-state index contributed by atoms with van der Waals surface area (Å²) in [6, 6.07) is 3.65. The van der Waals surface area contributed by atoms with Gasteiger partial charge in [0.15, 0.2) is 0 Å². The van der Waals surface area contributed by atoms with Crippen molar-refractivity contribution < 1.29 is 13.6 Å². The number of halogens is 2. The maximum atomic E-state index is 13.2. The predicted octanol–water partition coefficient (Wildman–Crippen LogP) is 1.58. The third kappa shape index (κ3) is 4.11. The summed E-state index contributed by atoms with van der Waals surface area (Å²) < 4.78 is 26.5. The molecular formula is C12H16F2N2O. The summed E-state index contributed by atoms with van der Waals surface area (Å²) in [5.74, 6) is -1.53. The van der Waals surface area contributed by atoms with Gasteiger partial charge >= 0.3 is 0 Å². The zero-order chi connectivity index (χ0) is 12.8. The van der Waals surface area contributed by atoms with Crippen LogP contribution in [0.25, 0.3) is 0 Å². The van der Waals surface area contributed by atoms with Gasteiger partial charge in [-0.05, 0) is 26.1 Å². The van der Waals surface area contributed by atoms with Crippen molar-refractivity contribution in [1.82, 2.24) is 10.6 Å². The van der Waals surface area contributed by atoms with Crippen LogP contribution in [-0.2, 0) is 11.3 Å². The molecule has 17 heavy (non-hydrogen) atoms. The average molecular weight is 242 g/mol. The van der Waals surface area contributed by atoms with E-state index in [1.807, 2.05) is 6.92 Å².